The van der Waals surface area contributed by atoms with E-state index in [4.69, 9.17) is 0 Å². The first-order valence-electron chi connectivity index (χ1n) is 11.9. The molecule has 2 saturated heterocycles. The molecule has 1 aromatic heterocycles. The Bertz CT molecular complexity index is 988. The summed E-state index contributed by atoms with van der Waals surface area (Å²) in [4.78, 5) is 35.7. The lowest BCUT2D eigenvalue weighted by atomic mass is 9.90. The minimum absolute atomic E-state index is 0.0257. The molecule has 168 valence electrons. The first kappa shape index (κ1) is 21.1. The monoisotopic (exact) mass is 433 g/mol. The number of para-hydroxylation sites is 2. The summed E-state index contributed by atoms with van der Waals surface area (Å²) in [5, 5.41) is 6.51. The number of benzene rings is 1. The fourth-order valence-electron chi connectivity index (χ4n) is 5.27. The van der Waals surface area contributed by atoms with Crippen LogP contribution < -0.4 is 15.5 Å². The molecule has 0 radical (unpaired) electrons. The van der Waals surface area contributed by atoms with Gasteiger partial charge in [-0.3, -0.25) is 14.5 Å². The summed E-state index contributed by atoms with van der Waals surface area (Å²) in [5.41, 5.74) is 1.72. The van der Waals surface area contributed by atoms with E-state index in [1.807, 2.05) is 24.3 Å². The number of rotatable bonds is 4. The van der Waals surface area contributed by atoms with Gasteiger partial charge in [0, 0.05) is 6.20 Å². The fourth-order valence-corrected chi connectivity index (χ4v) is 5.27. The molecule has 4 heterocycles. The van der Waals surface area contributed by atoms with Crippen LogP contribution in [0, 0.1) is 5.92 Å². The van der Waals surface area contributed by atoms with Crippen LogP contribution in [0.2, 0.25) is 0 Å². The number of amides is 2. The lowest BCUT2D eigenvalue weighted by molar-refractivity contribution is -0.121. The minimum Gasteiger partial charge on any atom is -0.320 e. The van der Waals surface area contributed by atoms with E-state index in [-0.39, 0.29) is 23.8 Å². The zero-order valence-electron chi connectivity index (χ0n) is 18.4. The summed E-state index contributed by atoms with van der Waals surface area (Å²) < 4.78 is 0. The first-order chi connectivity index (χ1) is 15.7. The van der Waals surface area contributed by atoms with E-state index in [1.54, 1.807) is 23.2 Å². The van der Waals surface area contributed by atoms with Gasteiger partial charge in [0.15, 0.2) is 5.82 Å². The van der Waals surface area contributed by atoms with Crippen molar-refractivity contribution in [2.75, 3.05) is 36.4 Å². The van der Waals surface area contributed by atoms with Crippen LogP contribution in [-0.4, -0.2) is 53.9 Å². The smallest absolute Gasteiger partial charge is 0.259 e. The minimum atomic E-state index is -0.295. The first-order valence-corrected chi connectivity index (χ1v) is 11.9. The van der Waals surface area contributed by atoms with Crippen molar-refractivity contribution in [1.29, 1.82) is 0 Å². The predicted molar refractivity (Wildman–Crippen MR) is 125 cm³/mol. The molecule has 2 aromatic rings. The third-order valence-corrected chi connectivity index (χ3v) is 6.97. The van der Waals surface area contributed by atoms with Gasteiger partial charge >= 0.3 is 0 Å². The van der Waals surface area contributed by atoms with Crippen molar-refractivity contribution in [3.05, 3.63) is 48.2 Å². The number of nitrogens with one attached hydrogen (secondary N) is 2. The van der Waals surface area contributed by atoms with Gasteiger partial charge in [-0.1, -0.05) is 18.6 Å². The zero-order chi connectivity index (χ0) is 21.9. The number of likely N-dealkylation sites (tertiary alicyclic amines) is 1. The Kier molecular flexibility index (Phi) is 6.19. The molecule has 3 aliphatic heterocycles. The van der Waals surface area contributed by atoms with Gasteiger partial charge in [-0.05, 0) is 88.5 Å². The normalized spacial score (nSPS) is 23.6. The highest BCUT2D eigenvalue weighted by atomic mass is 16.2. The standard InChI is InChI=1S/C25H31N5O2/c31-24-19-9-7-14-27-23(19)30(21-11-2-1-10-20(21)28-24)25(32)22-18(8-3-4-13-26-22)12-17-29-15-5-6-16-29/h1-2,7,9-11,14,18,22,26H,3-6,8,12-13,15-17H2,(H,28,31). The van der Waals surface area contributed by atoms with Crippen molar-refractivity contribution in [2.45, 2.75) is 44.6 Å². The molecule has 0 saturated carbocycles. The van der Waals surface area contributed by atoms with Crippen LogP contribution in [0.3, 0.4) is 0 Å². The molecule has 5 rings (SSSR count). The number of nitrogens with zero attached hydrogens (tertiary/aromatic N) is 3. The van der Waals surface area contributed by atoms with Gasteiger partial charge in [0.05, 0.1) is 23.0 Å². The molecule has 2 N–H and O–H groups in total. The Balaban J connectivity index is 1.49. The van der Waals surface area contributed by atoms with Crippen LogP contribution in [0.15, 0.2) is 42.6 Å². The molecule has 7 nitrogen and oxygen atoms in total. The van der Waals surface area contributed by atoms with E-state index < -0.39 is 0 Å². The summed E-state index contributed by atoms with van der Waals surface area (Å²) >= 11 is 0. The molecule has 2 amide bonds. The lowest BCUT2D eigenvalue weighted by Gasteiger charge is -2.32. The third-order valence-electron chi connectivity index (χ3n) is 6.97. The molecule has 2 fully saturated rings. The van der Waals surface area contributed by atoms with Crippen LogP contribution in [0.4, 0.5) is 17.2 Å². The number of pyridine rings is 1. The van der Waals surface area contributed by atoms with Crippen LogP contribution in [0.25, 0.3) is 0 Å². The Morgan fingerprint density at radius 3 is 2.78 bits per heavy atom. The van der Waals surface area contributed by atoms with Crippen molar-refractivity contribution >= 4 is 29.0 Å². The third kappa shape index (κ3) is 4.14. The number of carbonyl (C=O) groups is 2. The quantitative estimate of drug-likeness (QED) is 0.771. The zero-order valence-corrected chi connectivity index (χ0v) is 18.4. The summed E-state index contributed by atoms with van der Waals surface area (Å²) in [7, 11) is 0. The van der Waals surface area contributed by atoms with Crippen molar-refractivity contribution in [3.63, 3.8) is 0 Å². The molecular weight excluding hydrogens is 402 g/mol. The van der Waals surface area contributed by atoms with Gasteiger partial charge in [0.25, 0.3) is 5.91 Å². The Hall–Kier alpha value is -2.77. The Morgan fingerprint density at radius 2 is 1.91 bits per heavy atom. The van der Waals surface area contributed by atoms with Crippen LogP contribution in [0.1, 0.15) is 48.9 Å². The summed E-state index contributed by atoms with van der Waals surface area (Å²) in [5.74, 6) is 0.401. The van der Waals surface area contributed by atoms with Gasteiger partial charge in [0.1, 0.15) is 0 Å². The second kappa shape index (κ2) is 9.38. The highest BCUT2D eigenvalue weighted by Gasteiger charge is 2.38. The maximum atomic E-state index is 14.2. The molecule has 32 heavy (non-hydrogen) atoms. The Labute approximate surface area is 189 Å². The van der Waals surface area contributed by atoms with E-state index in [1.165, 1.54) is 25.9 Å². The number of fused-ring (bicyclic) bond motifs is 2. The number of carbonyl (C=O) groups excluding carboxylic acids is 2. The van der Waals surface area contributed by atoms with Gasteiger partial charge in [-0.15, -0.1) is 0 Å². The molecular formula is C25H31N5O2. The van der Waals surface area contributed by atoms with Gasteiger partial charge in [-0.25, -0.2) is 4.98 Å². The van der Waals surface area contributed by atoms with Gasteiger partial charge < -0.3 is 15.5 Å². The topological polar surface area (TPSA) is 77.6 Å². The van der Waals surface area contributed by atoms with E-state index in [0.29, 0.717) is 22.8 Å². The number of hydrogen-bond donors (Lipinski definition) is 2. The molecule has 2 atom stereocenters. The summed E-state index contributed by atoms with van der Waals surface area (Å²) in [6, 6.07) is 10.7. The molecule has 2 unspecified atom stereocenters. The average Bonchev–Trinajstić information content (AvgIpc) is 3.17. The van der Waals surface area contributed by atoms with Crippen molar-refractivity contribution < 1.29 is 9.59 Å². The highest BCUT2D eigenvalue weighted by Crippen LogP contribution is 2.38. The average molecular weight is 434 g/mol. The summed E-state index contributed by atoms with van der Waals surface area (Å²) in [6.07, 6.45) is 8.46. The number of hydrogen-bond acceptors (Lipinski definition) is 5. The SMILES string of the molecule is O=C1Nc2ccccc2N(C(=O)C2NCCCCC2CCN2CCCC2)c2ncccc21. The number of anilines is 3. The van der Waals surface area contributed by atoms with Crippen molar-refractivity contribution in [3.8, 4) is 0 Å². The van der Waals surface area contributed by atoms with E-state index in [2.05, 4.69) is 20.5 Å². The second-order valence-corrected chi connectivity index (χ2v) is 9.04. The fraction of sp³-hybridized carbons (Fsp3) is 0.480. The maximum absolute atomic E-state index is 14.2. The molecule has 3 aliphatic rings. The molecule has 0 spiro atoms. The van der Waals surface area contributed by atoms with Crippen LogP contribution >= 0.6 is 0 Å². The highest BCUT2D eigenvalue weighted by molar-refractivity contribution is 6.17. The lowest BCUT2D eigenvalue weighted by Crippen LogP contribution is -2.49. The Morgan fingerprint density at radius 1 is 1.06 bits per heavy atom. The molecule has 7 heteroatoms. The van der Waals surface area contributed by atoms with Crippen LogP contribution in [0.5, 0.6) is 0 Å². The van der Waals surface area contributed by atoms with E-state index >= 15 is 0 Å². The van der Waals surface area contributed by atoms with E-state index in [9.17, 15) is 9.59 Å². The van der Waals surface area contributed by atoms with Gasteiger partial charge in [0.2, 0.25) is 5.91 Å². The largest absolute Gasteiger partial charge is 0.320 e. The molecule has 1 aromatic carbocycles. The summed E-state index contributed by atoms with van der Waals surface area (Å²) in [6.45, 7) is 4.21. The van der Waals surface area contributed by atoms with Crippen molar-refractivity contribution in [1.82, 2.24) is 15.2 Å². The van der Waals surface area contributed by atoms with Crippen LogP contribution in [-0.2, 0) is 4.79 Å². The maximum Gasteiger partial charge on any atom is 0.259 e. The van der Waals surface area contributed by atoms with Crippen molar-refractivity contribution in [2.24, 2.45) is 5.92 Å². The van der Waals surface area contributed by atoms with Gasteiger partial charge in [-0.2, -0.15) is 0 Å². The second-order valence-electron chi connectivity index (χ2n) is 9.04. The molecule has 0 aliphatic carbocycles. The molecule has 0 bridgehead atoms. The predicted octanol–water partition coefficient (Wildman–Crippen LogP) is 3.56. The number of aromatic nitrogens is 1. The van der Waals surface area contributed by atoms with E-state index in [0.717, 1.165) is 38.8 Å².